The van der Waals surface area contributed by atoms with Gasteiger partial charge in [0.2, 0.25) is 5.95 Å². The lowest BCUT2D eigenvalue weighted by atomic mass is 9.95. The number of alkyl halides is 1. The van der Waals surface area contributed by atoms with Gasteiger partial charge in [0, 0.05) is 42.4 Å². The van der Waals surface area contributed by atoms with E-state index < -0.39 is 11.8 Å². The third-order valence-corrected chi connectivity index (χ3v) is 8.41. The Morgan fingerprint density at radius 1 is 1.11 bits per heavy atom. The van der Waals surface area contributed by atoms with Crippen LogP contribution in [0.3, 0.4) is 0 Å². The van der Waals surface area contributed by atoms with Gasteiger partial charge < -0.3 is 11.1 Å². The van der Waals surface area contributed by atoms with Crippen molar-refractivity contribution in [1.82, 2.24) is 20.2 Å². The van der Waals surface area contributed by atoms with Gasteiger partial charge in [-0.1, -0.05) is 46.9 Å². The van der Waals surface area contributed by atoms with Crippen LogP contribution in [0, 0.1) is 11.8 Å². The molecule has 3 aromatic rings. The third-order valence-electron chi connectivity index (χ3n) is 6.91. The van der Waals surface area contributed by atoms with Gasteiger partial charge in [0.25, 0.3) is 5.91 Å². The van der Waals surface area contributed by atoms with Crippen LogP contribution in [0.25, 0.3) is 22.5 Å². The maximum absolute atomic E-state index is 15.0. The number of halogens is 3. The van der Waals surface area contributed by atoms with Crippen LogP contribution in [0.2, 0.25) is 0 Å². The molecule has 35 heavy (non-hydrogen) atoms. The summed E-state index contributed by atoms with van der Waals surface area (Å²) in [6.45, 7) is 6.86. The molecule has 3 N–H and O–H groups in total. The molecule has 2 aliphatic heterocycles. The molecule has 0 spiro atoms. The predicted molar refractivity (Wildman–Crippen MR) is 140 cm³/mol. The monoisotopic (exact) mass is 589 g/mol. The molecule has 1 aromatic heterocycles. The van der Waals surface area contributed by atoms with E-state index in [0.29, 0.717) is 30.1 Å². The van der Waals surface area contributed by atoms with Crippen molar-refractivity contribution in [3.05, 3.63) is 64.9 Å². The lowest BCUT2D eigenvalue weighted by Crippen LogP contribution is -2.32. The summed E-state index contributed by atoms with van der Waals surface area (Å²) in [5.41, 5.74) is 8.84. The Balaban J connectivity index is 1.51. The zero-order valence-corrected chi connectivity index (χ0v) is 21.7. The van der Waals surface area contributed by atoms with Crippen molar-refractivity contribution < 1.29 is 13.6 Å². The summed E-state index contributed by atoms with van der Waals surface area (Å²) < 4.78 is 29.9. The first-order valence-corrected chi connectivity index (χ1v) is 12.7. The Labute approximate surface area is 216 Å². The van der Waals surface area contributed by atoms with E-state index in [-0.39, 0.29) is 37.7 Å². The second-order valence-corrected chi connectivity index (χ2v) is 11.5. The van der Waals surface area contributed by atoms with E-state index in [1.54, 1.807) is 6.07 Å². The number of nitrogens with two attached hydrogens (primary N) is 1. The maximum Gasteiger partial charge on any atom is 0.251 e. The van der Waals surface area contributed by atoms with E-state index in [4.69, 9.17) is 5.73 Å². The molecule has 1 saturated heterocycles. The number of benzene rings is 2. The zero-order chi connectivity index (χ0) is 24.9. The number of anilines is 1. The summed E-state index contributed by atoms with van der Waals surface area (Å²) in [5, 5.41) is 2.70. The van der Waals surface area contributed by atoms with Crippen molar-refractivity contribution in [2.75, 3.05) is 25.4 Å². The minimum atomic E-state index is -0.812. The van der Waals surface area contributed by atoms with Crippen LogP contribution in [0.1, 0.15) is 41.8 Å². The van der Waals surface area contributed by atoms with Crippen LogP contribution in [-0.2, 0) is 9.84 Å². The Morgan fingerprint density at radius 2 is 1.86 bits per heavy atom. The maximum atomic E-state index is 15.0. The van der Waals surface area contributed by atoms with Gasteiger partial charge in [-0.3, -0.25) is 9.69 Å². The third kappa shape index (κ3) is 4.40. The van der Waals surface area contributed by atoms with Gasteiger partial charge in [0.05, 0.1) is 3.42 Å². The second kappa shape index (κ2) is 9.09. The fraction of sp³-hybridized carbons (Fsp3) is 0.346. The first kappa shape index (κ1) is 24.1. The first-order valence-electron chi connectivity index (χ1n) is 11.6. The van der Waals surface area contributed by atoms with Gasteiger partial charge in [-0.15, -0.1) is 0 Å². The Hall–Kier alpha value is -2.66. The number of carbonyl (C=O) groups is 1. The van der Waals surface area contributed by atoms with E-state index in [1.165, 1.54) is 11.6 Å². The van der Waals surface area contributed by atoms with Crippen LogP contribution in [0.4, 0.5) is 14.6 Å². The van der Waals surface area contributed by atoms with Gasteiger partial charge in [-0.2, -0.15) is 9.37 Å². The number of rotatable bonds is 4. The smallest absolute Gasteiger partial charge is 0.251 e. The average Bonchev–Trinajstić information content (AvgIpc) is 3.24. The van der Waals surface area contributed by atoms with Gasteiger partial charge in [-0.05, 0) is 49.9 Å². The Bertz CT molecular complexity index is 1310. The average molecular weight is 589 g/mol. The number of carbonyl (C=O) groups excluding carboxylic acids is 1. The minimum Gasteiger partial charge on any atom is -0.382 e. The van der Waals surface area contributed by atoms with E-state index in [2.05, 4.69) is 56.6 Å². The van der Waals surface area contributed by atoms with Crippen molar-refractivity contribution in [2.24, 2.45) is 0 Å². The number of hydrogen-bond acceptors (Lipinski definition) is 5. The number of amides is 1. The molecule has 6 nitrogen and oxygen atoms in total. The Kier molecular flexibility index (Phi) is 6.25. The molecule has 0 bridgehead atoms. The van der Waals surface area contributed by atoms with Crippen molar-refractivity contribution in [1.29, 1.82) is 0 Å². The van der Waals surface area contributed by atoms with Crippen LogP contribution in [-0.4, -0.2) is 46.5 Å². The molecule has 1 fully saturated rings. The summed E-state index contributed by atoms with van der Waals surface area (Å²) >= 11 is 2.52. The molecule has 1 atom stereocenters. The highest BCUT2D eigenvalue weighted by atomic mass is 127. The molecule has 2 aliphatic rings. The van der Waals surface area contributed by atoms with Crippen molar-refractivity contribution in [3.8, 4) is 22.5 Å². The van der Waals surface area contributed by atoms with Crippen LogP contribution < -0.4 is 11.1 Å². The molecular weight excluding hydrogens is 563 g/mol. The number of fused-ring (bicyclic) bond motifs is 1. The van der Waals surface area contributed by atoms with E-state index in [9.17, 15) is 9.18 Å². The molecule has 0 radical (unpaired) electrons. The van der Waals surface area contributed by atoms with Gasteiger partial charge >= 0.3 is 0 Å². The normalized spacial score (nSPS) is 20.2. The van der Waals surface area contributed by atoms with Gasteiger partial charge in [-0.25, -0.2) is 9.37 Å². The van der Waals surface area contributed by atoms with E-state index >= 15 is 4.39 Å². The van der Waals surface area contributed by atoms with Gasteiger partial charge in [0.1, 0.15) is 17.2 Å². The molecule has 0 aliphatic carbocycles. The number of hydrogen-bond donors (Lipinski definition) is 2. The van der Waals surface area contributed by atoms with Crippen LogP contribution in [0.5, 0.6) is 0 Å². The predicted octanol–water partition coefficient (Wildman–Crippen LogP) is 4.70. The van der Waals surface area contributed by atoms with E-state index in [1.807, 2.05) is 24.3 Å². The van der Waals surface area contributed by atoms with Crippen molar-refractivity contribution >= 4 is 34.3 Å². The zero-order valence-electron chi connectivity index (χ0n) is 19.5. The number of likely N-dealkylation sites (tertiary alicyclic amines) is 1. The molecule has 0 saturated carbocycles. The highest BCUT2D eigenvalue weighted by molar-refractivity contribution is 14.1. The van der Waals surface area contributed by atoms with Gasteiger partial charge in [0.15, 0.2) is 5.82 Å². The second-order valence-electron chi connectivity index (χ2n) is 9.45. The molecule has 0 unspecified atom stereocenters. The number of nitrogens with zero attached hydrogens (tertiary/aromatic N) is 3. The lowest BCUT2D eigenvalue weighted by molar-refractivity contribution is 0.0945. The number of nitrogens with one attached hydrogen (secondary N) is 1. The standard InChI is InChI=1S/C26H26F2IN5O/c1-14(2)34-10-8-26(29,13-34)17-5-3-15(4-6-17)21-23(28)33-24(30)22(32-21)19-11-16-7-9-31-25(35)18(16)12-20(19)27/h3-6,11-12,14H,7-10,13H2,1-2H3,(H2,30,33)(H,31,35)/t26-/m1/s1. The summed E-state index contributed by atoms with van der Waals surface area (Å²) in [7, 11) is 0. The lowest BCUT2D eigenvalue weighted by Gasteiger charge is -2.25. The highest BCUT2D eigenvalue weighted by Gasteiger charge is 2.38. The molecular formula is C26H26F2IN5O. The Morgan fingerprint density at radius 3 is 2.54 bits per heavy atom. The van der Waals surface area contributed by atoms with Crippen molar-refractivity contribution in [3.63, 3.8) is 0 Å². The van der Waals surface area contributed by atoms with Crippen LogP contribution >= 0.6 is 22.6 Å². The molecule has 9 heteroatoms. The molecule has 5 rings (SSSR count). The largest absolute Gasteiger partial charge is 0.382 e. The molecule has 3 heterocycles. The molecule has 1 amide bonds. The number of aromatic nitrogens is 2. The van der Waals surface area contributed by atoms with Crippen LogP contribution in [0.15, 0.2) is 36.4 Å². The quantitative estimate of drug-likeness (QED) is 0.341. The van der Waals surface area contributed by atoms with E-state index in [0.717, 1.165) is 19.5 Å². The topological polar surface area (TPSA) is 84.1 Å². The molecule has 182 valence electrons. The first-order chi connectivity index (χ1) is 16.7. The minimum absolute atomic E-state index is 0.00435. The molecule has 2 aromatic carbocycles. The highest BCUT2D eigenvalue weighted by Crippen LogP contribution is 2.42. The number of nitrogen functional groups attached to an aromatic ring is 1. The fourth-order valence-corrected chi connectivity index (χ4v) is 5.88. The SMILES string of the molecule is CC(C)N1CC[C@](I)(c2ccc(-c3nc(-c4cc5c(cc4F)C(=O)NCC5)c(N)nc3F)cc2)C1. The fourth-order valence-electron chi connectivity index (χ4n) is 4.84. The van der Waals surface area contributed by atoms with Crippen molar-refractivity contribution in [2.45, 2.75) is 36.2 Å². The summed E-state index contributed by atoms with van der Waals surface area (Å²) in [6.07, 6.45) is 1.60. The summed E-state index contributed by atoms with van der Waals surface area (Å²) in [4.78, 5) is 22.7. The summed E-state index contributed by atoms with van der Waals surface area (Å²) in [6, 6.07) is 10.9. The summed E-state index contributed by atoms with van der Waals surface area (Å²) in [5.74, 6) is -1.99.